The number of benzene rings is 6. The molecule has 0 aromatic heterocycles. The summed E-state index contributed by atoms with van der Waals surface area (Å²) in [5.74, 6) is -2.28. The van der Waals surface area contributed by atoms with Crippen molar-refractivity contribution < 1.29 is 48.4 Å². The fourth-order valence-corrected chi connectivity index (χ4v) is 9.01. The zero-order valence-electron chi connectivity index (χ0n) is 32.1. The number of carbonyl (C=O) groups is 4. The number of aromatic carboxylic acids is 2. The Labute approximate surface area is 357 Å². The van der Waals surface area contributed by atoms with Gasteiger partial charge in [0, 0.05) is 93.0 Å². The monoisotopic (exact) mass is 868 g/mol. The Morgan fingerprint density at radius 3 is 1.31 bits per heavy atom. The lowest BCUT2D eigenvalue weighted by atomic mass is 9.90. The molecule has 4 aromatic carbocycles. The number of rotatable bonds is 13. The number of fused-ring (bicyclic) bond motifs is 4. The number of phenolic OH excluding ortho intramolecular Hbond substituents is 2. The van der Waals surface area contributed by atoms with Gasteiger partial charge in [0.25, 0.3) is 11.8 Å². The Hall–Kier alpha value is -7.56. The number of carboxylic acid groups (broad SMARTS) is 2. The zero-order chi connectivity index (χ0) is 43.7. The molecule has 6 N–H and O–H groups in total. The minimum Gasteiger partial charge on any atom is -0.508 e. The van der Waals surface area contributed by atoms with Crippen molar-refractivity contribution in [3.63, 3.8) is 0 Å². The van der Waals surface area contributed by atoms with Crippen molar-refractivity contribution >= 4 is 67.3 Å². The maximum atomic E-state index is 13.1. The summed E-state index contributed by atoms with van der Waals surface area (Å²) < 4.78 is 11.7. The summed E-state index contributed by atoms with van der Waals surface area (Å²) in [6.45, 7) is 0.514. The first kappa shape index (κ1) is 41.2. The molecule has 2 aliphatic carbocycles. The first-order valence-corrected chi connectivity index (χ1v) is 21.3. The number of amides is 2. The van der Waals surface area contributed by atoms with Gasteiger partial charge in [-0.2, -0.15) is 0 Å². The first-order chi connectivity index (χ1) is 29.9. The Morgan fingerprint density at radius 2 is 0.903 bits per heavy atom. The van der Waals surface area contributed by atoms with E-state index in [1.54, 1.807) is 24.3 Å². The summed E-state index contributed by atoms with van der Waals surface area (Å²) in [4.78, 5) is 75.6. The first-order valence-electron chi connectivity index (χ1n) is 18.8. The summed E-state index contributed by atoms with van der Waals surface area (Å²) in [6, 6.07) is 25.8. The van der Waals surface area contributed by atoms with E-state index in [4.69, 9.17) is 8.83 Å². The van der Waals surface area contributed by atoms with Crippen LogP contribution in [0, 0.1) is 0 Å². The van der Waals surface area contributed by atoms with E-state index in [9.17, 15) is 49.2 Å². The Balaban J connectivity index is 0.875. The average Bonchev–Trinajstić information content (AvgIpc) is 3.24. The molecule has 0 radical (unpaired) electrons. The highest BCUT2D eigenvalue weighted by Gasteiger charge is 2.25. The average molecular weight is 869 g/mol. The SMILES string of the molecule is O=C(NCCSSCCNC(=O)c1ccc(-c2c3ccc(=O)cc-3oc3cc(O)ccc23)c(C(=O)O)c1)c1ccc(-c2c3ccc(=O)cc-3oc3cc(O)ccc23)c(C(=O)O)c1. The van der Waals surface area contributed by atoms with Crippen LogP contribution in [0.3, 0.4) is 0 Å². The van der Waals surface area contributed by atoms with Crippen molar-refractivity contribution in [1.82, 2.24) is 10.6 Å². The van der Waals surface area contributed by atoms with Crippen LogP contribution in [-0.2, 0) is 0 Å². The van der Waals surface area contributed by atoms with Crippen LogP contribution in [0.1, 0.15) is 41.4 Å². The number of nitrogens with one attached hydrogen (secondary N) is 2. The lowest BCUT2D eigenvalue weighted by molar-refractivity contribution is 0.0686. The van der Waals surface area contributed by atoms with Crippen molar-refractivity contribution in [2.24, 2.45) is 0 Å². The molecule has 4 aromatic rings. The van der Waals surface area contributed by atoms with Gasteiger partial charge >= 0.3 is 11.9 Å². The van der Waals surface area contributed by atoms with Crippen LogP contribution in [0.25, 0.3) is 66.8 Å². The third-order valence-corrected chi connectivity index (χ3v) is 12.4. The Morgan fingerprint density at radius 1 is 0.500 bits per heavy atom. The van der Waals surface area contributed by atoms with E-state index >= 15 is 0 Å². The minimum absolute atomic E-state index is 0.0770. The lowest BCUT2D eigenvalue weighted by Crippen LogP contribution is -2.26. The maximum Gasteiger partial charge on any atom is 0.336 e. The van der Waals surface area contributed by atoms with E-state index in [1.165, 1.54) is 107 Å². The predicted molar refractivity (Wildman–Crippen MR) is 236 cm³/mol. The third-order valence-electron chi connectivity index (χ3n) is 9.94. The molecule has 310 valence electrons. The second-order valence-electron chi connectivity index (χ2n) is 13.9. The van der Waals surface area contributed by atoms with Gasteiger partial charge < -0.3 is 39.9 Å². The van der Waals surface area contributed by atoms with Crippen molar-refractivity contribution in [2.45, 2.75) is 0 Å². The van der Waals surface area contributed by atoms with Gasteiger partial charge in [0.05, 0.1) is 11.1 Å². The Bertz CT molecular complexity index is 2960. The topological polar surface area (TPSA) is 234 Å². The van der Waals surface area contributed by atoms with Crippen molar-refractivity contribution in [3.8, 4) is 56.4 Å². The van der Waals surface area contributed by atoms with E-state index in [1.807, 2.05) is 0 Å². The predicted octanol–water partition coefficient (Wildman–Crippen LogP) is 7.79. The van der Waals surface area contributed by atoms with Crippen molar-refractivity contribution in [3.05, 3.63) is 152 Å². The van der Waals surface area contributed by atoms with Crippen LogP contribution in [-0.4, -0.2) is 68.8 Å². The highest BCUT2D eigenvalue weighted by Crippen LogP contribution is 2.44. The molecular weight excluding hydrogens is 837 g/mol. The highest BCUT2D eigenvalue weighted by molar-refractivity contribution is 8.76. The van der Waals surface area contributed by atoms with Crippen LogP contribution in [0.5, 0.6) is 11.5 Å². The number of aromatic hydroxyl groups is 2. The molecule has 14 nitrogen and oxygen atoms in total. The van der Waals surface area contributed by atoms with E-state index in [0.717, 1.165) is 0 Å². The van der Waals surface area contributed by atoms with Crippen LogP contribution in [0.2, 0.25) is 0 Å². The van der Waals surface area contributed by atoms with Crippen LogP contribution in [0.4, 0.5) is 0 Å². The normalized spacial score (nSPS) is 11.3. The molecule has 0 saturated heterocycles. The molecular formula is C46H32N2O12S2. The van der Waals surface area contributed by atoms with Gasteiger partial charge in [-0.3, -0.25) is 19.2 Å². The maximum absolute atomic E-state index is 13.1. The van der Waals surface area contributed by atoms with E-state index in [0.29, 0.717) is 44.5 Å². The van der Waals surface area contributed by atoms with Crippen molar-refractivity contribution in [2.75, 3.05) is 24.6 Å². The van der Waals surface area contributed by atoms with E-state index in [2.05, 4.69) is 10.6 Å². The molecule has 0 atom stereocenters. The molecule has 2 aliphatic heterocycles. The van der Waals surface area contributed by atoms with Gasteiger partial charge in [0.15, 0.2) is 10.9 Å². The van der Waals surface area contributed by atoms with Gasteiger partial charge in [-0.05, 0) is 83.9 Å². The summed E-state index contributed by atoms with van der Waals surface area (Å²) in [7, 11) is 2.89. The molecule has 0 saturated carbocycles. The van der Waals surface area contributed by atoms with E-state index in [-0.39, 0.29) is 91.5 Å². The largest absolute Gasteiger partial charge is 0.508 e. The van der Waals surface area contributed by atoms with Crippen molar-refractivity contribution in [1.29, 1.82) is 0 Å². The Kier molecular flexibility index (Phi) is 11.4. The number of phenols is 2. The molecule has 16 heteroatoms. The van der Waals surface area contributed by atoms with E-state index < -0.39 is 23.8 Å². The molecule has 0 spiro atoms. The van der Waals surface area contributed by atoms with Crippen LogP contribution in [0.15, 0.2) is 128 Å². The third kappa shape index (κ3) is 8.28. The van der Waals surface area contributed by atoms with Gasteiger partial charge in [0.1, 0.15) is 34.2 Å². The second-order valence-corrected chi connectivity index (χ2v) is 16.6. The molecule has 4 aliphatic rings. The van der Waals surface area contributed by atoms with Crippen LogP contribution >= 0.6 is 21.6 Å². The summed E-state index contributed by atoms with van der Waals surface area (Å²) >= 11 is 0. The van der Waals surface area contributed by atoms with Gasteiger partial charge in [-0.15, -0.1) is 0 Å². The molecule has 2 heterocycles. The number of hydrogen-bond donors (Lipinski definition) is 6. The van der Waals surface area contributed by atoms with Gasteiger partial charge in [-0.1, -0.05) is 33.7 Å². The zero-order valence-corrected chi connectivity index (χ0v) is 33.7. The fraction of sp³-hybridized carbons (Fsp3) is 0.0870. The minimum atomic E-state index is -1.27. The molecule has 8 rings (SSSR count). The van der Waals surface area contributed by atoms with Crippen LogP contribution < -0.4 is 21.5 Å². The fourth-order valence-electron chi connectivity index (χ4n) is 7.19. The summed E-state index contributed by atoms with van der Waals surface area (Å²) in [5, 5.41) is 47.2. The highest BCUT2D eigenvalue weighted by atomic mass is 33.1. The quantitative estimate of drug-likeness (QED) is 0.0369. The number of hydrogen-bond acceptors (Lipinski definition) is 12. The standard InChI is InChI=1S/C46H32N2O12S2/c49-25-3-9-31-37(19-25)59-38-20-26(50)4-10-32(38)41(31)29-7-1-23(17-35(29)45(55)56)43(53)47-13-15-61-62-16-14-48-44(54)24-2-8-30(36(18-24)46(57)58)42-33-11-5-27(51)21-39(33)60-40-22-28(52)6-12-34(40)42/h1-12,17-22,49,51H,13-16H2,(H,47,53)(H,48,54)(H,55,56)(H,57,58). The summed E-state index contributed by atoms with van der Waals surface area (Å²) in [6.07, 6.45) is 0. The summed E-state index contributed by atoms with van der Waals surface area (Å²) in [5.41, 5.74) is 2.27. The molecule has 0 unspecified atom stereocenters. The second kappa shape index (κ2) is 17.2. The number of carbonyl (C=O) groups excluding carboxylic acids is 2. The van der Waals surface area contributed by atoms with Gasteiger partial charge in [-0.25, -0.2) is 9.59 Å². The molecule has 0 fully saturated rings. The van der Waals surface area contributed by atoms with Gasteiger partial charge in [0.2, 0.25) is 0 Å². The molecule has 2 amide bonds. The molecule has 0 bridgehead atoms. The number of carboxylic acids is 2. The molecule has 62 heavy (non-hydrogen) atoms. The lowest BCUT2D eigenvalue weighted by Gasteiger charge is -2.17. The smallest absolute Gasteiger partial charge is 0.336 e.